The van der Waals surface area contributed by atoms with Crippen LogP contribution in [-0.2, 0) is 12.8 Å². The molecule has 0 bridgehead atoms. The summed E-state index contributed by atoms with van der Waals surface area (Å²) < 4.78 is 9.51. The third-order valence-electron chi connectivity index (χ3n) is 5.36. The van der Waals surface area contributed by atoms with Crippen molar-refractivity contribution in [3.05, 3.63) is 46.3 Å². The van der Waals surface area contributed by atoms with E-state index >= 15 is 0 Å². The maximum Gasteiger partial charge on any atom is 0.267 e. The molecule has 3 heterocycles. The number of aryl methyl sites for hydroxylation is 2. The smallest absolute Gasteiger partial charge is 0.267 e. The molecular formula is C21H25N5O2S. The van der Waals surface area contributed by atoms with E-state index in [2.05, 4.69) is 26.7 Å². The zero-order valence-corrected chi connectivity index (χ0v) is 17.6. The number of hydrogen-bond donors (Lipinski definition) is 0. The number of likely N-dealkylation sites (tertiary alicyclic amines) is 1. The summed E-state index contributed by atoms with van der Waals surface area (Å²) in [5.74, 6) is 1.63. The summed E-state index contributed by atoms with van der Waals surface area (Å²) in [6.45, 7) is 5.60. The average Bonchev–Trinajstić information content (AvgIpc) is 3.38. The molecule has 0 saturated carbocycles. The van der Waals surface area contributed by atoms with Crippen molar-refractivity contribution in [2.24, 2.45) is 5.92 Å². The van der Waals surface area contributed by atoms with Crippen molar-refractivity contribution < 1.29 is 9.32 Å². The topological polar surface area (TPSA) is 85.0 Å². The molecule has 1 amide bonds. The molecule has 152 valence electrons. The number of nitrogens with zero attached hydrogens (tertiary/aromatic N) is 5. The van der Waals surface area contributed by atoms with Crippen molar-refractivity contribution in [1.82, 2.24) is 24.6 Å². The van der Waals surface area contributed by atoms with Gasteiger partial charge in [-0.15, -0.1) is 5.10 Å². The molecule has 4 rings (SSSR count). The minimum Gasteiger partial charge on any atom is -0.339 e. The first-order chi connectivity index (χ1) is 14.2. The molecule has 2 aromatic heterocycles. The fourth-order valence-electron chi connectivity index (χ4n) is 3.85. The second-order valence-corrected chi connectivity index (χ2v) is 8.34. The van der Waals surface area contributed by atoms with Gasteiger partial charge in [0.1, 0.15) is 4.88 Å². The van der Waals surface area contributed by atoms with Crippen LogP contribution >= 0.6 is 11.5 Å². The minimum atomic E-state index is 0.0549. The van der Waals surface area contributed by atoms with Gasteiger partial charge in [0.15, 0.2) is 0 Å². The van der Waals surface area contributed by atoms with E-state index in [4.69, 9.17) is 4.52 Å². The van der Waals surface area contributed by atoms with Crippen molar-refractivity contribution in [2.75, 3.05) is 13.1 Å². The van der Waals surface area contributed by atoms with E-state index < -0.39 is 0 Å². The molecular weight excluding hydrogens is 386 g/mol. The summed E-state index contributed by atoms with van der Waals surface area (Å²) in [7, 11) is 0. The van der Waals surface area contributed by atoms with Crippen molar-refractivity contribution in [1.29, 1.82) is 0 Å². The lowest BCUT2D eigenvalue weighted by Gasteiger charge is -2.32. The van der Waals surface area contributed by atoms with Gasteiger partial charge in [-0.25, -0.2) is 0 Å². The molecule has 1 aromatic carbocycles. The standard InChI is InChI=1S/C21H25N5O2S/c1-3-7-17-19(29-25-23-17)21(27)26-11-6-9-15(13-26)12-18-22-20(24-28-18)16-10-5-4-8-14(16)2/h4-5,8,10,15H,3,6-7,9,11-13H2,1-2H3. The fourth-order valence-corrected chi connectivity index (χ4v) is 4.53. The van der Waals surface area contributed by atoms with E-state index in [1.54, 1.807) is 0 Å². The lowest BCUT2D eigenvalue weighted by Crippen LogP contribution is -2.40. The zero-order chi connectivity index (χ0) is 20.2. The molecule has 1 saturated heterocycles. The third-order valence-corrected chi connectivity index (χ3v) is 6.12. The largest absolute Gasteiger partial charge is 0.339 e. The second-order valence-electron chi connectivity index (χ2n) is 7.59. The van der Waals surface area contributed by atoms with Crippen LogP contribution in [0.15, 0.2) is 28.8 Å². The lowest BCUT2D eigenvalue weighted by molar-refractivity contribution is 0.0671. The predicted octanol–water partition coefficient (Wildman–Crippen LogP) is 3.94. The van der Waals surface area contributed by atoms with Gasteiger partial charge in [-0.2, -0.15) is 4.98 Å². The number of carbonyl (C=O) groups is 1. The maximum atomic E-state index is 13.0. The Kier molecular flexibility index (Phi) is 5.99. The Bertz CT molecular complexity index is 983. The Morgan fingerprint density at radius 1 is 1.34 bits per heavy atom. The normalized spacial score (nSPS) is 16.9. The molecule has 0 spiro atoms. The van der Waals surface area contributed by atoms with Gasteiger partial charge in [-0.3, -0.25) is 4.79 Å². The van der Waals surface area contributed by atoms with Crippen LogP contribution in [0.4, 0.5) is 0 Å². The van der Waals surface area contributed by atoms with E-state index in [1.807, 2.05) is 36.1 Å². The van der Waals surface area contributed by atoms with E-state index in [0.29, 0.717) is 35.5 Å². The van der Waals surface area contributed by atoms with Crippen molar-refractivity contribution in [3.8, 4) is 11.4 Å². The van der Waals surface area contributed by atoms with Gasteiger partial charge in [0.2, 0.25) is 11.7 Å². The molecule has 29 heavy (non-hydrogen) atoms. The van der Waals surface area contributed by atoms with Crippen LogP contribution in [0.3, 0.4) is 0 Å². The fraction of sp³-hybridized carbons (Fsp3) is 0.476. The van der Waals surface area contributed by atoms with Gasteiger partial charge in [0.25, 0.3) is 5.91 Å². The highest BCUT2D eigenvalue weighted by atomic mass is 32.1. The molecule has 1 aliphatic heterocycles. The monoisotopic (exact) mass is 411 g/mol. The van der Waals surface area contributed by atoms with Gasteiger partial charge in [0, 0.05) is 25.1 Å². The van der Waals surface area contributed by atoms with Crippen LogP contribution in [0.25, 0.3) is 11.4 Å². The van der Waals surface area contributed by atoms with E-state index in [1.165, 1.54) is 11.5 Å². The predicted molar refractivity (Wildman–Crippen MR) is 111 cm³/mol. The number of amides is 1. The Labute approximate surface area is 174 Å². The van der Waals surface area contributed by atoms with Crippen LogP contribution in [0, 0.1) is 12.8 Å². The van der Waals surface area contributed by atoms with Crippen molar-refractivity contribution in [3.63, 3.8) is 0 Å². The molecule has 8 heteroatoms. The van der Waals surface area contributed by atoms with Gasteiger partial charge < -0.3 is 9.42 Å². The van der Waals surface area contributed by atoms with Crippen LogP contribution in [0.5, 0.6) is 0 Å². The Morgan fingerprint density at radius 2 is 2.21 bits per heavy atom. The van der Waals surface area contributed by atoms with Gasteiger partial charge in [-0.05, 0) is 49.2 Å². The number of hydrogen-bond acceptors (Lipinski definition) is 7. The number of carbonyl (C=O) groups excluding carboxylic acids is 1. The van der Waals surface area contributed by atoms with Crippen molar-refractivity contribution in [2.45, 2.75) is 46.0 Å². The summed E-state index contributed by atoms with van der Waals surface area (Å²) >= 11 is 1.21. The van der Waals surface area contributed by atoms with Gasteiger partial charge in [-0.1, -0.05) is 47.3 Å². The van der Waals surface area contributed by atoms with Crippen LogP contribution in [0.1, 0.15) is 53.0 Å². The number of rotatable bonds is 6. The Balaban J connectivity index is 1.42. The number of piperidine rings is 1. The maximum absolute atomic E-state index is 13.0. The molecule has 1 atom stereocenters. The molecule has 1 aliphatic rings. The molecule has 1 unspecified atom stereocenters. The zero-order valence-electron chi connectivity index (χ0n) is 16.8. The minimum absolute atomic E-state index is 0.0549. The van der Waals surface area contributed by atoms with Crippen LogP contribution in [-0.4, -0.2) is 43.6 Å². The van der Waals surface area contributed by atoms with Crippen LogP contribution in [0.2, 0.25) is 0 Å². The molecule has 0 N–H and O–H groups in total. The Hall–Kier alpha value is -2.61. The van der Waals surface area contributed by atoms with Crippen LogP contribution < -0.4 is 0 Å². The highest BCUT2D eigenvalue weighted by molar-refractivity contribution is 7.08. The molecule has 3 aromatic rings. The van der Waals surface area contributed by atoms with E-state index in [0.717, 1.165) is 49.0 Å². The van der Waals surface area contributed by atoms with Gasteiger partial charge >= 0.3 is 0 Å². The van der Waals surface area contributed by atoms with E-state index in [9.17, 15) is 4.79 Å². The quantitative estimate of drug-likeness (QED) is 0.611. The lowest BCUT2D eigenvalue weighted by atomic mass is 9.94. The van der Waals surface area contributed by atoms with Gasteiger partial charge in [0.05, 0.1) is 5.69 Å². The second kappa shape index (κ2) is 8.82. The summed E-state index contributed by atoms with van der Waals surface area (Å²) in [4.78, 5) is 20.2. The highest BCUT2D eigenvalue weighted by Gasteiger charge is 2.28. The SMILES string of the molecule is CCCc1nnsc1C(=O)N1CCCC(Cc2nc(-c3ccccc3C)no2)C1. The first-order valence-corrected chi connectivity index (χ1v) is 10.9. The van der Waals surface area contributed by atoms with E-state index in [-0.39, 0.29) is 5.91 Å². The molecule has 1 fully saturated rings. The summed E-state index contributed by atoms with van der Waals surface area (Å²) in [5, 5.41) is 8.29. The first-order valence-electron chi connectivity index (χ1n) is 10.1. The summed E-state index contributed by atoms with van der Waals surface area (Å²) in [6.07, 6.45) is 4.46. The first kappa shape index (κ1) is 19.7. The average molecular weight is 412 g/mol. The summed E-state index contributed by atoms with van der Waals surface area (Å²) in [6, 6.07) is 8.02. The molecule has 7 nitrogen and oxygen atoms in total. The highest BCUT2D eigenvalue weighted by Crippen LogP contribution is 2.25. The van der Waals surface area contributed by atoms with Crippen molar-refractivity contribution >= 4 is 17.4 Å². The molecule has 0 aliphatic carbocycles. The third kappa shape index (κ3) is 4.37. The Morgan fingerprint density at radius 3 is 3.03 bits per heavy atom. The number of benzene rings is 1. The molecule has 0 radical (unpaired) electrons. The summed E-state index contributed by atoms with van der Waals surface area (Å²) in [5.41, 5.74) is 2.93. The number of aromatic nitrogens is 4.